The lowest BCUT2D eigenvalue weighted by Gasteiger charge is -2.12. The maximum absolute atomic E-state index is 11.8. The Bertz CT molecular complexity index is 394. The van der Waals surface area contributed by atoms with E-state index in [2.05, 4.69) is 26.2 Å². The van der Waals surface area contributed by atoms with Crippen LogP contribution in [0.15, 0.2) is 9.98 Å². The molecular formula is C9H12BrN3OS2. The Kier molecular flexibility index (Phi) is 5.30. The molecule has 1 aromatic rings. The standard InChI is InChI=1S/C9H12BrN3OS2/c1-2-3-5(7(11)15)8(14)13-9-12-4-6(10)16-9/h4-5H,2-3H2,1H3,(H2,11,15)(H,12,13,14). The number of thiazole rings is 1. The lowest BCUT2D eigenvalue weighted by molar-refractivity contribution is -0.118. The molecule has 0 aromatic carbocycles. The average Bonchev–Trinajstić information content (AvgIpc) is 2.59. The Morgan fingerprint density at radius 2 is 2.50 bits per heavy atom. The van der Waals surface area contributed by atoms with Crippen molar-refractivity contribution in [3.63, 3.8) is 0 Å². The van der Waals surface area contributed by atoms with Gasteiger partial charge in [0.1, 0.15) is 0 Å². The summed E-state index contributed by atoms with van der Waals surface area (Å²) in [6.45, 7) is 1.98. The van der Waals surface area contributed by atoms with Crippen LogP contribution in [0, 0.1) is 5.92 Å². The van der Waals surface area contributed by atoms with Crippen LogP contribution in [-0.4, -0.2) is 15.9 Å². The quantitative estimate of drug-likeness (QED) is 0.818. The molecule has 0 saturated heterocycles. The zero-order chi connectivity index (χ0) is 12.1. The number of halogens is 1. The summed E-state index contributed by atoms with van der Waals surface area (Å²) >= 11 is 9.50. The van der Waals surface area contributed by atoms with Crippen molar-refractivity contribution >= 4 is 55.5 Å². The van der Waals surface area contributed by atoms with Crippen molar-refractivity contribution in [3.8, 4) is 0 Å². The second-order valence-corrected chi connectivity index (χ2v) is 6.08. The highest BCUT2D eigenvalue weighted by molar-refractivity contribution is 9.11. The first kappa shape index (κ1) is 13.5. The van der Waals surface area contributed by atoms with Crippen molar-refractivity contribution in [1.82, 2.24) is 4.98 Å². The van der Waals surface area contributed by atoms with Gasteiger partial charge in [-0.1, -0.05) is 36.9 Å². The molecule has 0 spiro atoms. The number of anilines is 1. The first-order valence-corrected chi connectivity index (χ1v) is 6.78. The van der Waals surface area contributed by atoms with Crippen molar-refractivity contribution in [2.24, 2.45) is 11.7 Å². The third kappa shape index (κ3) is 3.80. The molecule has 1 aromatic heterocycles. The summed E-state index contributed by atoms with van der Waals surface area (Å²) in [5.74, 6) is -0.598. The van der Waals surface area contributed by atoms with E-state index in [9.17, 15) is 4.79 Å². The van der Waals surface area contributed by atoms with Gasteiger partial charge in [-0.15, -0.1) is 0 Å². The first-order valence-electron chi connectivity index (χ1n) is 4.76. The van der Waals surface area contributed by atoms with E-state index in [1.54, 1.807) is 6.20 Å². The van der Waals surface area contributed by atoms with E-state index in [0.717, 1.165) is 10.2 Å². The average molecular weight is 322 g/mol. The monoisotopic (exact) mass is 321 g/mol. The minimum atomic E-state index is -0.414. The van der Waals surface area contributed by atoms with Gasteiger partial charge in [-0.3, -0.25) is 4.79 Å². The van der Waals surface area contributed by atoms with E-state index < -0.39 is 5.92 Å². The number of rotatable bonds is 5. The summed E-state index contributed by atoms with van der Waals surface area (Å²) in [6.07, 6.45) is 3.15. The molecule has 0 saturated carbocycles. The molecule has 0 aliphatic carbocycles. The van der Waals surface area contributed by atoms with Crippen LogP contribution in [-0.2, 0) is 4.79 Å². The highest BCUT2D eigenvalue weighted by Gasteiger charge is 2.21. The Hall–Kier alpha value is -0.530. The Labute approximate surface area is 112 Å². The number of nitrogens with one attached hydrogen (secondary N) is 1. The minimum Gasteiger partial charge on any atom is -0.393 e. The largest absolute Gasteiger partial charge is 0.393 e. The normalized spacial score (nSPS) is 12.1. The maximum Gasteiger partial charge on any atom is 0.236 e. The highest BCUT2D eigenvalue weighted by atomic mass is 79.9. The van der Waals surface area contributed by atoms with Gasteiger partial charge >= 0.3 is 0 Å². The molecule has 1 atom stereocenters. The van der Waals surface area contributed by atoms with Crippen LogP contribution in [0.5, 0.6) is 0 Å². The number of thiocarbonyl (C=S) groups is 1. The van der Waals surface area contributed by atoms with Crippen LogP contribution in [0.3, 0.4) is 0 Å². The molecule has 1 rings (SSSR count). The Balaban J connectivity index is 2.65. The van der Waals surface area contributed by atoms with Gasteiger partial charge in [-0.25, -0.2) is 4.98 Å². The Morgan fingerprint density at radius 1 is 1.81 bits per heavy atom. The zero-order valence-electron chi connectivity index (χ0n) is 8.70. The fraction of sp³-hybridized carbons (Fsp3) is 0.444. The van der Waals surface area contributed by atoms with Crippen molar-refractivity contribution in [1.29, 1.82) is 0 Å². The number of nitrogens with zero attached hydrogens (tertiary/aromatic N) is 1. The second kappa shape index (κ2) is 6.27. The number of aromatic nitrogens is 1. The Morgan fingerprint density at radius 3 is 2.94 bits per heavy atom. The van der Waals surface area contributed by atoms with Crippen molar-refractivity contribution < 1.29 is 4.79 Å². The van der Waals surface area contributed by atoms with Gasteiger partial charge in [0.15, 0.2) is 5.13 Å². The van der Waals surface area contributed by atoms with Gasteiger partial charge in [-0.05, 0) is 22.4 Å². The van der Waals surface area contributed by atoms with Crippen LogP contribution < -0.4 is 11.1 Å². The summed E-state index contributed by atoms with van der Waals surface area (Å²) in [6, 6.07) is 0. The molecule has 1 amide bonds. The summed E-state index contributed by atoms with van der Waals surface area (Å²) in [5.41, 5.74) is 5.53. The summed E-state index contributed by atoms with van der Waals surface area (Å²) in [4.78, 5) is 16.1. The third-order valence-corrected chi connectivity index (χ3v) is 3.62. The molecule has 0 radical (unpaired) electrons. The number of hydrogen-bond acceptors (Lipinski definition) is 4. The lowest BCUT2D eigenvalue weighted by Crippen LogP contribution is -2.33. The van der Waals surface area contributed by atoms with E-state index in [4.69, 9.17) is 18.0 Å². The number of hydrogen-bond donors (Lipinski definition) is 2. The molecule has 0 bridgehead atoms. The molecule has 4 nitrogen and oxygen atoms in total. The van der Waals surface area contributed by atoms with Gasteiger partial charge < -0.3 is 11.1 Å². The van der Waals surface area contributed by atoms with E-state index in [1.165, 1.54) is 11.3 Å². The summed E-state index contributed by atoms with van der Waals surface area (Å²) in [7, 11) is 0. The number of carbonyl (C=O) groups excluding carboxylic acids is 1. The van der Waals surface area contributed by atoms with E-state index >= 15 is 0 Å². The molecule has 16 heavy (non-hydrogen) atoms. The topological polar surface area (TPSA) is 68.0 Å². The van der Waals surface area contributed by atoms with Crippen LogP contribution in [0.25, 0.3) is 0 Å². The maximum atomic E-state index is 11.8. The van der Waals surface area contributed by atoms with Gasteiger partial charge in [0.25, 0.3) is 0 Å². The lowest BCUT2D eigenvalue weighted by atomic mass is 10.0. The van der Waals surface area contributed by atoms with Crippen molar-refractivity contribution in [3.05, 3.63) is 9.98 Å². The molecule has 1 unspecified atom stereocenters. The third-order valence-electron chi connectivity index (χ3n) is 1.94. The molecule has 0 fully saturated rings. The molecule has 88 valence electrons. The first-order chi connectivity index (χ1) is 7.54. The van der Waals surface area contributed by atoms with E-state index in [1.807, 2.05) is 6.92 Å². The zero-order valence-corrected chi connectivity index (χ0v) is 11.9. The number of amides is 1. The van der Waals surface area contributed by atoms with Gasteiger partial charge in [0.05, 0.1) is 20.9 Å². The smallest absolute Gasteiger partial charge is 0.236 e. The SMILES string of the molecule is CCCC(C(=O)Nc1ncc(Br)s1)C(N)=S. The fourth-order valence-corrected chi connectivity index (χ4v) is 2.53. The van der Waals surface area contributed by atoms with E-state index in [0.29, 0.717) is 11.6 Å². The molecular weight excluding hydrogens is 310 g/mol. The predicted octanol–water partition coefficient (Wildman–Crippen LogP) is 2.55. The minimum absolute atomic E-state index is 0.184. The molecule has 7 heteroatoms. The van der Waals surface area contributed by atoms with Gasteiger partial charge in [0, 0.05) is 0 Å². The van der Waals surface area contributed by atoms with Gasteiger partial charge in [0.2, 0.25) is 5.91 Å². The number of nitrogens with two attached hydrogens (primary N) is 1. The molecule has 1 heterocycles. The van der Waals surface area contributed by atoms with Crippen LogP contribution in [0.1, 0.15) is 19.8 Å². The van der Waals surface area contributed by atoms with E-state index in [-0.39, 0.29) is 10.9 Å². The van der Waals surface area contributed by atoms with Crippen molar-refractivity contribution in [2.75, 3.05) is 5.32 Å². The summed E-state index contributed by atoms with van der Waals surface area (Å²) in [5, 5.41) is 3.25. The molecule has 3 N–H and O–H groups in total. The number of carbonyl (C=O) groups is 1. The van der Waals surface area contributed by atoms with Gasteiger partial charge in [-0.2, -0.15) is 0 Å². The predicted molar refractivity (Wildman–Crippen MR) is 73.6 cm³/mol. The summed E-state index contributed by atoms with van der Waals surface area (Å²) < 4.78 is 0.866. The highest BCUT2D eigenvalue weighted by Crippen LogP contribution is 2.23. The van der Waals surface area contributed by atoms with Crippen LogP contribution >= 0.6 is 39.5 Å². The second-order valence-electron chi connectivity index (χ2n) is 3.20. The van der Waals surface area contributed by atoms with Crippen LogP contribution in [0.2, 0.25) is 0 Å². The van der Waals surface area contributed by atoms with Crippen molar-refractivity contribution in [2.45, 2.75) is 19.8 Å². The fourth-order valence-electron chi connectivity index (χ4n) is 1.20. The molecule has 0 aliphatic heterocycles. The molecule has 0 aliphatic rings. The van der Waals surface area contributed by atoms with Crippen LogP contribution in [0.4, 0.5) is 5.13 Å².